The summed E-state index contributed by atoms with van der Waals surface area (Å²) in [6.45, 7) is 4.02. The van der Waals surface area contributed by atoms with Crippen molar-refractivity contribution in [2.45, 2.75) is 38.3 Å². The summed E-state index contributed by atoms with van der Waals surface area (Å²) in [7, 11) is 0. The van der Waals surface area contributed by atoms with E-state index in [1.165, 1.54) is 19.3 Å². The van der Waals surface area contributed by atoms with E-state index in [2.05, 4.69) is 12.2 Å². The summed E-state index contributed by atoms with van der Waals surface area (Å²) in [6, 6.07) is 5.09. The Labute approximate surface area is 112 Å². The van der Waals surface area contributed by atoms with Crippen molar-refractivity contribution in [3.05, 3.63) is 22.4 Å². The molecule has 1 N–H and O–H groups in total. The van der Waals surface area contributed by atoms with Crippen LogP contribution >= 0.6 is 11.3 Å². The minimum absolute atomic E-state index is 0.208. The highest BCUT2D eigenvalue weighted by molar-refractivity contribution is 7.12. The van der Waals surface area contributed by atoms with E-state index >= 15 is 0 Å². The summed E-state index contributed by atoms with van der Waals surface area (Å²) in [5.41, 5.74) is 0. The minimum atomic E-state index is 0.208. The van der Waals surface area contributed by atoms with Crippen molar-refractivity contribution in [2.24, 2.45) is 5.92 Å². The van der Waals surface area contributed by atoms with Crippen molar-refractivity contribution in [1.29, 1.82) is 0 Å². The van der Waals surface area contributed by atoms with Gasteiger partial charge in [0, 0.05) is 25.2 Å². The summed E-state index contributed by atoms with van der Waals surface area (Å²) in [5, 5.41) is 5.64. The maximum absolute atomic E-state index is 12.4. The molecule has 2 aliphatic rings. The molecule has 2 fully saturated rings. The molecule has 2 heterocycles. The molecule has 3 nitrogen and oxygen atoms in total. The topological polar surface area (TPSA) is 32.3 Å². The highest BCUT2D eigenvalue weighted by Gasteiger charge is 2.32. The lowest BCUT2D eigenvalue weighted by Gasteiger charge is -2.36. The van der Waals surface area contributed by atoms with E-state index in [4.69, 9.17) is 0 Å². The molecule has 2 atom stereocenters. The average molecular weight is 264 g/mol. The molecule has 1 amide bonds. The molecule has 1 aliphatic carbocycles. The van der Waals surface area contributed by atoms with E-state index in [0.717, 1.165) is 24.0 Å². The molecule has 0 radical (unpaired) electrons. The second-order valence-electron chi connectivity index (χ2n) is 5.67. The number of rotatable bonds is 3. The van der Waals surface area contributed by atoms with Crippen LogP contribution in [0.15, 0.2) is 17.5 Å². The number of carbonyl (C=O) groups excluding carboxylic acids is 1. The first-order valence-electron chi connectivity index (χ1n) is 6.81. The molecule has 1 aromatic heterocycles. The van der Waals surface area contributed by atoms with Gasteiger partial charge in [0.05, 0.1) is 4.88 Å². The molecule has 1 aliphatic heterocycles. The van der Waals surface area contributed by atoms with E-state index in [1.807, 2.05) is 22.4 Å². The third kappa shape index (κ3) is 2.75. The minimum Gasteiger partial charge on any atom is -0.336 e. The van der Waals surface area contributed by atoms with Crippen molar-refractivity contribution in [2.75, 3.05) is 13.1 Å². The standard InChI is InChI=1S/C14H20N2OS/c1-10-7-12(15-11-4-5-11)9-16(8-10)14(17)13-3-2-6-18-13/h2-3,6,10-12,15H,4-5,7-9H2,1H3. The number of thiophene rings is 1. The van der Waals surface area contributed by atoms with Crippen LogP contribution < -0.4 is 5.32 Å². The smallest absolute Gasteiger partial charge is 0.263 e. The molecule has 0 aromatic carbocycles. The first-order chi connectivity index (χ1) is 8.72. The molecule has 1 saturated heterocycles. The molecule has 0 spiro atoms. The molecule has 1 aromatic rings. The monoisotopic (exact) mass is 264 g/mol. The van der Waals surface area contributed by atoms with Crippen LogP contribution in [0.1, 0.15) is 35.9 Å². The fourth-order valence-corrected chi connectivity index (χ4v) is 3.47. The van der Waals surface area contributed by atoms with Gasteiger partial charge in [-0.1, -0.05) is 13.0 Å². The Balaban J connectivity index is 1.65. The molecule has 0 bridgehead atoms. The van der Waals surface area contributed by atoms with Crippen LogP contribution in [-0.4, -0.2) is 36.0 Å². The van der Waals surface area contributed by atoms with Gasteiger partial charge in [0.15, 0.2) is 0 Å². The first-order valence-corrected chi connectivity index (χ1v) is 7.69. The Bertz CT molecular complexity index is 411. The van der Waals surface area contributed by atoms with Gasteiger partial charge in [0.25, 0.3) is 5.91 Å². The number of nitrogens with one attached hydrogen (secondary N) is 1. The molecule has 4 heteroatoms. The predicted octanol–water partition coefficient (Wildman–Crippen LogP) is 2.35. The Morgan fingerprint density at radius 3 is 2.89 bits per heavy atom. The molecule has 18 heavy (non-hydrogen) atoms. The fraction of sp³-hybridized carbons (Fsp3) is 0.643. The molecular weight excluding hydrogens is 244 g/mol. The van der Waals surface area contributed by atoms with E-state index in [9.17, 15) is 4.79 Å². The van der Waals surface area contributed by atoms with Gasteiger partial charge in [-0.15, -0.1) is 11.3 Å². The number of likely N-dealkylation sites (tertiary alicyclic amines) is 1. The largest absolute Gasteiger partial charge is 0.336 e. The summed E-state index contributed by atoms with van der Waals surface area (Å²) in [5.74, 6) is 0.804. The van der Waals surface area contributed by atoms with Crippen molar-refractivity contribution >= 4 is 17.2 Å². The lowest BCUT2D eigenvalue weighted by Crippen LogP contribution is -2.51. The third-order valence-electron chi connectivity index (χ3n) is 3.73. The Hall–Kier alpha value is -0.870. The third-order valence-corrected chi connectivity index (χ3v) is 4.59. The van der Waals surface area contributed by atoms with Crippen LogP contribution in [-0.2, 0) is 0 Å². The van der Waals surface area contributed by atoms with Gasteiger partial charge in [-0.25, -0.2) is 0 Å². The zero-order valence-corrected chi connectivity index (χ0v) is 11.6. The van der Waals surface area contributed by atoms with E-state index in [-0.39, 0.29) is 5.91 Å². The normalized spacial score (nSPS) is 28.4. The zero-order valence-electron chi connectivity index (χ0n) is 10.8. The molecule has 1 saturated carbocycles. The Morgan fingerprint density at radius 1 is 1.39 bits per heavy atom. The van der Waals surface area contributed by atoms with Gasteiger partial charge in [0.2, 0.25) is 0 Å². The van der Waals surface area contributed by atoms with E-state index in [1.54, 1.807) is 11.3 Å². The van der Waals surface area contributed by atoms with E-state index < -0.39 is 0 Å². The van der Waals surface area contributed by atoms with Crippen LogP contribution in [0.4, 0.5) is 0 Å². The number of hydrogen-bond donors (Lipinski definition) is 1. The first kappa shape index (κ1) is 12.2. The molecule has 3 rings (SSSR count). The second-order valence-corrected chi connectivity index (χ2v) is 6.61. The SMILES string of the molecule is CC1CC(NC2CC2)CN(C(=O)c2cccs2)C1. The maximum atomic E-state index is 12.4. The number of piperidine rings is 1. The van der Waals surface area contributed by atoms with Crippen molar-refractivity contribution in [3.63, 3.8) is 0 Å². The summed E-state index contributed by atoms with van der Waals surface area (Å²) in [4.78, 5) is 15.3. The van der Waals surface area contributed by atoms with Crippen LogP contribution in [0.25, 0.3) is 0 Å². The summed E-state index contributed by atoms with van der Waals surface area (Å²) in [6.07, 6.45) is 3.82. The van der Waals surface area contributed by atoms with E-state index in [0.29, 0.717) is 12.0 Å². The summed E-state index contributed by atoms with van der Waals surface area (Å²) < 4.78 is 0. The number of amides is 1. The highest BCUT2D eigenvalue weighted by Crippen LogP contribution is 2.25. The molecular formula is C14H20N2OS. The van der Waals surface area contributed by atoms with Gasteiger partial charge in [-0.2, -0.15) is 0 Å². The maximum Gasteiger partial charge on any atom is 0.263 e. The zero-order chi connectivity index (χ0) is 12.5. The Kier molecular flexibility index (Phi) is 3.39. The van der Waals surface area contributed by atoms with Gasteiger partial charge in [-0.05, 0) is 36.6 Å². The fourth-order valence-electron chi connectivity index (χ4n) is 2.78. The van der Waals surface area contributed by atoms with Crippen molar-refractivity contribution in [3.8, 4) is 0 Å². The van der Waals surface area contributed by atoms with Gasteiger partial charge >= 0.3 is 0 Å². The predicted molar refractivity (Wildman–Crippen MR) is 73.9 cm³/mol. The Morgan fingerprint density at radius 2 is 2.22 bits per heavy atom. The quantitative estimate of drug-likeness (QED) is 0.909. The van der Waals surface area contributed by atoms with Crippen molar-refractivity contribution in [1.82, 2.24) is 10.2 Å². The van der Waals surface area contributed by atoms with Crippen LogP contribution in [0.3, 0.4) is 0 Å². The van der Waals surface area contributed by atoms with Crippen LogP contribution in [0.5, 0.6) is 0 Å². The lowest BCUT2D eigenvalue weighted by atomic mass is 9.95. The number of nitrogens with zero attached hydrogens (tertiary/aromatic N) is 1. The lowest BCUT2D eigenvalue weighted by molar-refractivity contribution is 0.0644. The average Bonchev–Trinajstić information content (AvgIpc) is 2.98. The van der Waals surface area contributed by atoms with Gasteiger partial charge in [0.1, 0.15) is 0 Å². The number of hydrogen-bond acceptors (Lipinski definition) is 3. The highest BCUT2D eigenvalue weighted by atomic mass is 32.1. The number of carbonyl (C=O) groups is 1. The molecule has 2 unspecified atom stereocenters. The van der Waals surface area contributed by atoms with Crippen LogP contribution in [0.2, 0.25) is 0 Å². The molecule has 98 valence electrons. The van der Waals surface area contributed by atoms with Crippen LogP contribution in [0, 0.1) is 5.92 Å². The van der Waals surface area contributed by atoms with Gasteiger partial charge < -0.3 is 10.2 Å². The summed E-state index contributed by atoms with van der Waals surface area (Å²) >= 11 is 1.54. The van der Waals surface area contributed by atoms with Gasteiger partial charge in [-0.3, -0.25) is 4.79 Å². The second kappa shape index (κ2) is 5.02. The van der Waals surface area contributed by atoms with Crippen molar-refractivity contribution < 1.29 is 4.79 Å².